The van der Waals surface area contributed by atoms with E-state index in [1.807, 2.05) is 13.8 Å². The van der Waals surface area contributed by atoms with Crippen molar-refractivity contribution in [3.63, 3.8) is 0 Å². The first-order valence-corrected chi connectivity index (χ1v) is 17.4. The summed E-state index contributed by atoms with van der Waals surface area (Å²) in [7, 11) is 0. The van der Waals surface area contributed by atoms with Crippen molar-refractivity contribution in [3.8, 4) is 11.5 Å². The topological polar surface area (TPSA) is 40.5 Å². The van der Waals surface area contributed by atoms with Crippen LogP contribution in [0.4, 0.5) is 0 Å². The highest BCUT2D eigenvalue weighted by molar-refractivity contribution is 5.51. The first kappa shape index (κ1) is 40.0. The molecule has 0 aliphatic rings. The van der Waals surface area contributed by atoms with Crippen LogP contribution >= 0.6 is 0 Å². The molecule has 2 N–H and O–H groups in total. The third-order valence-corrected chi connectivity index (χ3v) is 8.84. The van der Waals surface area contributed by atoms with Crippen LogP contribution in [0, 0.1) is 13.8 Å². The molecule has 0 unspecified atom stereocenters. The molecule has 250 valence electrons. The summed E-state index contributed by atoms with van der Waals surface area (Å²) in [6.45, 7) is 21.5. The predicted molar refractivity (Wildman–Crippen MR) is 200 cm³/mol. The molecule has 0 bridgehead atoms. The third-order valence-electron chi connectivity index (χ3n) is 8.84. The van der Waals surface area contributed by atoms with Crippen LogP contribution in [0.5, 0.6) is 11.5 Å². The minimum absolute atomic E-state index is 0.255. The first-order valence-electron chi connectivity index (χ1n) is 17.4. The lowest BCUT2D eigenvalue weighted by Crippen LogP contribution is -1.91. The van der Waals surface area contributed by atoms with Crippen molar-refractivity contribution >= 4 is 0 Å². The fourth-order valence-electron chi connectivity index (χ4n) is 5.32. The lowest BCUT2D eigenvalue weighted by Gasteiger charge is -2.10. The van der Waals surface area contributed by atoms with Crippen LogP contribution in [0.3, 0.4) is 0 Å². The minimum atomic E-state index is 0.255. The van der Waals surface area contributed by atoms with Gasteiger partial charge in [-0.15, -0.1) is 0 Å². The number of hydrogen-bond donors (Lipinski definition) is 2. The van der Waals surface area contributed by atoms with Gasteiger partial charge in [-0.05, 0) is 170 Å². The van der Waals surface area contributed by atoms with Gasteiger partial charge in [0, 0.05) is 5.56 Å². The molecule has 2 nitrogen and oxygen atoms in total. The Kier molecular flexibility index (Phi) is 20.0. The van der Waals surface area contributed by atoms with Gasteiger partial charge in [-0.3, -0.25) is 0 Å². The van der Waals surface area contributed by atoms with E-state index in [1.54, 1.807) is 6.07 Å². The van der Waals surface area contributed by atoms with Crippen LogP contribution in [0.2, 0.25) is 0 Å². The number of phenolic OH excluding ortho intramolecular Hbond substituents is 2. The number of benzene rings is 1. The van der Waals surface area contributed by atoms with E-state index in [9.17, 15) is 10.2 Å². The number of phenols is 2. The van der Waals surface area contributed by atoms with Crippen LogP contribution in [0.15, 0.2) is 87.6 Å². The molecule has 0 spiro atoms. The molecule has 0 fully saturated rings. The highest BCUT2D eigenvalue weighted by Crippen LogP contribution is 2.32. The van der Waals surface area contributed by atoms with Crippen molar-refractivity contribution in [2.24, 2.45) is 0 Å². The van der Waals surface area contributed by atoms with E-state index >= 15 is 0 Å². The van der Waals surface area contributed by atoms with Crippen molar-refractivity contribution in [1.82, 2.24) is 0 Å². The van der Waals surface area contributed by atoms with Crippen molar-refractivity contribution in [3.05, 3.63) is 104 Å². The summed E-state index contributed by atoms with van der Waals surface area (Å²) < 4.78 is 0. The molecule has 0 saturated heterocycles. The Hall–Kier alpha value is -3.00. The van der Waals surface area contributed by atoms with Crippen molar-refractivity contribution in [1.29, 1.82) is 0 Å². The van der Waals surface area contributed by atoms with Crippen molar-refractivity contribution < 1.29 is 10.2 Å². The molecule has 45 heavy (non-hydrogen) atoms. The highest BCUT2D eigenvalue weighted by Gasteiger charge is 2.10. The van der Waals surface area contributed by atoms with E-state index in [0.717, 1.165) is 80.9 Å². The normalized spacial score (nSPS) is 13.9. The highest BCUT2D eigenvalue weighted by atomic mass is 16.3. The molecule has 0 amide bonds. The quantitative estimate of drug-likeness (QED) is 0.113. The van der Waals surface area contributed by atoms with Crippen LogP contribution < -0.4 is 0 Å². The molecule has 0 saturated carbocycles. The molecule has 0 radical (unpaired) electrons. The zero-order valence-electron chi connectivity index (χ0n) is 30.7. The number of allylic oxidation sites excluding steroid dienone is 14. The van der Waals surface area contributed by atoms with E-state index in [0.29, 0.717) is 12.2 Å². The molecule has 0 aliphatic carbocycles. The molecule has 1 rings (SSSR count). The van der Waals surface area contributed by atoms with Gasteiger partial charge in [0.1, 0.15) is 11.5 Å². The Labute approximate surface area is 278 Å². The maximum Gasteiger partial charge on any atom is 0.122 e. The minimum Gasteiger partial charge on any atom is -0.508 e. The standard InChI is InChI=1S/C43H66O2/c1-32(2)17-11-18-33(3)19-12-20-34(4)21-13-22-35(5)23-14-24-36(6)25-15-26-37(7)27-16-28-38(8)29-30-41-31-42(44)39(9)40(10)43(41)45/h17,19,21,23,25,27,29,31,44-45H,11-16,18,20,22,24,26,28,30H2,1-10H3/b33-19+,34-21+,35-23+,36-25+,37-27+,38-29+. The van der Waals surface area contributed by atoms with Gasteiger partial charge in [0.25, 0.3) is 0 Å². The molecule has 0 aliphatic heterocycles. The Morgan fingerprint density at radius 2 is 0.778 bits per heavy atom. The van der Waals surface area contributed by atoms with E-state index in [4.69, 9.17) is 0 Å². The first-order chi connectivity index (χ1) is 21.3. The van der Waals surface area contributed by atoms with Gasteiger partial charge in [-0.1, -0.05) is 81.5 Å². The lowest BCUT2D eigenvalue weighted by molar-refractivity contribution is 0.448. The molecular formula is C43H66O2. The third kappa shape index (κ3) is 18.5. The van der Waals surface area contributed by atoms with Gasteiger partial charge >= 0.3 is 0 Å². The second-order valence-electron chi connectivity index (χ2n) is 13.7. The number of rotatable bonds is 20. The average Bonchev–Trinajstić information content (AvgIpc) is 2.97. The molecule has 0 heterocycles. The second kappa shape index (κ2) is 22.5. The van der Waals surface area contributed by atoms with E-state index in [2.05, 4.69) is 97.9 Å². The molecular weight excluding hydrogens is 548 g/mol. The predicted octanol–water partition coefficient (Wildman–Crippen LogP) is 13.6. The molecule has 1 aromatic carbocycles. The van der Waals surface area contributed by atoms with Gasteiger partial charge in [0.05, 0.1) is 0 Å². The fraction of sp³-hybridized carbons (Fsp3) is 0.535. The Morgan fingerprint density at radius 1 is 0.467 bits per heavy atom. The van der Waals surface area contributed by atoms with Gasteiger partial charge in [-0.2, -0.15) is 0 Å². The van der Waals surface area contributed by atoms with Crippen molar-refractivity contribution in [2.75, 3.05) is 0 Å². The summed E-state index contributed by atoms with van der Waals surface area (Å²) in [4.78, 5) is 0. The SMILES string of the molecule is CC(C)=CCC/C(C)=C/CC/C(C)=C/CC/C(C)=C/CC/C(C)=C/CC/C(C)=C/CC/C(C)=C/Cc1cc(O)c(C)c(C)c1O. The smallest absolute Gasteiger partial charge is 0.122 e. The monoisotopic (exact) mass is 615 g/mol. The molecule has 2 heteroatoms. The zero-order valence-corrected chi connectivity index (χ0v) is 30.7. The van der Waals surface area contributed by atoms with Crippen LogP contribution in [0.1, 0.15) is 149 Å². The largest absolute Gasteiger partial charge is 0.508 e. The fourth-order valence-corrected chi connectivity index (χ4v) is 5.32. The molecule has 0 atom stereocenters. The Morgan fingerprint density at radius 3 is 1.11 bits per heavy atom. The maximum absolute atomic E-state index is 10.4. The average molecular weight is 615 g/mol. The van der Waals surface area contributed by atoms with Gasteiger partial charge in [0.2, 0.25) is 0 Å². The summed E-state index contributed by atoms with van der Waals surface area (Å²) in [6.07, 6.45) is 30.7. The Balaban J connectivity index is 2.31. The van der Waals surface area contributed by atoms with E-state index in [1.165, 1.54) is 51.9 Å². The number of hydrogen-bond acceptors (Lipinski definition) is 2. The molecule has 1 aromatic rings. The van der Waals surface area contributed by atoms with Crippen molar-refractivity contribution in [2.45, 2.75) is 153 Å². The summed E-state index contributed by atoms with van der Waals surface area (Å²) in [5, 5.41) is 20.5. The van der Waals surface area contributed by atoms with E-state index in [-0.39, 0.29) is 5.75 Å². The maximum atomic E-state index is 10.4. The van der Waals surface area contributed by atoms with Gasteiger partial charge in [-0.25, -0.2) is 0 Å². The summed E-state index contributed by atoms with van der Waals surface area (Å²) in [6, 6.07) is 1.69. The summed E-state index contributed by atoms with van der Waals surface area (Å²) >= 11 is 0. The van der Waals surface area contributed by atoms with Crippen LogP contribution in [-0.4, -0.2) is 10.2 Å². The number of aromatic hydroxyl groups is 2. The van der Waals surface area contributed by atoms with Gasteiger partial charge < -0.3 is 10.2 Å². The Bertz CT molecular complexity index is 1270. The van der Waals surface area contributed by atoms with Gasteiger partial charge in [0.15, 0.2) is 0 Å². The summed E-state index contributed by atoms with van der Waals surface area (Å²) in [5.74, 6) is 0.555. The van der Waals surface area contributed by atoms with Crippen LogP contribution in [-0.2, 0) is 6.42 Å². The molecule has 0 aromatic heterocycles. The van der Waals surface area contributed by atoms with E-state index < -0.39 is 0 Å². The second-order valence-corrected chi connectivity index (χ2v) is 13.7. The summed E-state index contributed by atoms with van der Waals surface area (Å²) in [5.41, 5.74) is 12.5. The lowest BCUT2D eigenvalue weighted by atomic mass is 9.99. The zero-order chi connectivity index (χ0) is 33.8. The van der Waals surface area contributed by atoms with Crippen LogP contribution in [0.25, 0.3) is 0 Å².